The van der Waals surface area contributed by atoms with Crippen molar-refractivity contribution in [1.29, 1.82) is 0 Å². The van der Waals surface area contributed by atoms with Crippen molar-refractivity contribution in [2.75, 3.05) is 33.9 Å². The van der Waals surface area contributed by atoms with Crippen molar-refractivity contribution in [2.24, 2.45) is 5.73 Å². The highest BCUT2D eigenvalue weighted by Crippen LogP contribution is 2.36. The number of hydrogen-bond donors (Lipinski definition) is 1. The van der Waals surface area contributed by atoms with Gasteiger partial charge in [0.1, 0.15) is 0 Å². The van der Waals surface area contributed by atoms with Crippen molar-refractivity contribution >= 4 is 0 Å². The largest absolute Gasteiger partial charge is 0.377 e. The molecule has 1 saturated heterocycles. The fraction of sp³-hybridized carbons (Fsp3) is 1.00. The smallest absolute Gasteiger partial charge is 0.0972 e. The van der Waals surface area contributed by atoms with Crippen LogP contribution in [0, 0.1) is 0 Å². The van der Waals surface area contributed by atoms with E-state index in [-0.39, 0.29) is 17.7 Å². The third-order valence-corrected chi connectivity index (χ3v) is 4.66. The molecule has 2 N–H and O–H groups in total. The van der Waals surface area contributed by atoms with Crippen LogP contribution in [0.3, 0.4) is 0 Å². The average Bonchev–Trinajstić information content (AvgIpc) is 2.83. The van der Waals surface area contributed by atoms with E-state index in [1.807, 2.05) is 0 Å². The lowest BCUT2D eigenvalue weighted by Gasteiger charge is -2.44. The number of nitrogens with two attached hydrogens (primary N) is 1. The van der Waals surface area contributed by atoms with Gasteiger partial charge in [0.15, 0.2) is 0 Å². The van der Waals surface area contributed by atoms with Crippen molar-refractivity contribution in [2.45, 2.75) is 49.9 Å². The average molecular weight is 242 g/mol. The maximum Gasteiger partial charge on any atom is 0.0972 e. The molecule has 0 aromatic heterocycles. The minimum atomic E-state index is 0.199. The van der Waals surface area contributed by atoms with E-state index in [1.54, 1.807) is 14.2 Å². The monoisotopic (exact) mass is 242 g/mol. The lowest BCUT2D eigenvalue weighted by atomic mass is 9.80. The van der Waals surface area contributed by atoms with Gasteiger partial charge in [-0.3, -0.25) is 4.90 Å². The zero-order valence-electron chi connectivity index (χ0n) is 11.2. The molecule has 0 bridgehead atoms. The summed E-state index contributed by atoms with van der Waals surface area (Å²) >= 11 is 0. The Labute approximate surface area is 104 Å². The first kappa shape index (κ1) is 13.3. The molecule has 0 radical (unpaired) electrons. The van der Waals surface area contributed by atoms with Crippen LogP contribution < -0.4 is 5.73 Å². The molecule has 0 aromatic rings. The van der Waals surface area contributed by atoms with Crippen molar-refractivity contribution in [3.8, 4) is 0 Å². The predicted molar refractivity (Wildman–Crippen MR) is 68.0 cm³/mol. The van der Waals surface area contributed by atoms with Gasteiger partial charge in [-0.15, -0.1) is 0 Å². The molecular weight excluding hydrogens is 216 g/mol. The Morgan fingerprint density at radius 1 is 1.06 bits per heavy atom. The molecule has 4 heteroatoms. The zero-order chi connectivity index (χ0) is 12.3. The molecule has 17 heavy (non-hydrogen) atoms. The van der Waals surface area contributed by atoms with Gasteiger partial charge in [-0.05, 0) is 12.8 Å². The lowest BCUT2D eigenvalue weighted by molar-refractivity contribution is -0.00461. The van der Waals surface area contributed by atoms with Gasteiger partial charge in [0.2, 0.25) is 0 Å². The second-order valence-corrected chi connectivity index (χ2v) is 5.44. The standard InChI is InChI=1S/C13H26N2O2/c1-16-11-8-15(9-12(11)17-2)13(10-14)6-4-3-5-7-13/h11-12H,3-10,14H2,1-2H3. The Morgan fingerprint density at radius 2 is 1.59 bits per heavy atom. The summed E-state index contributed by atoms with van der Waals surface area (Å²) in [7, 11) is 3.55. The summed E-state index contributed by atoms with van der Waals surface area (Å²) < 4.78 is 11.0. The van der Waals surface area contributed by atoms with E-state index in [0.717, 1.165) is 19.6 Å². The van der Waals surface area contributed by atoms with Gasteiger partial charge in [0, 0.05) is 39.4 Å². The highest BCUT2D eigenvalue weighted by molar-refractivity contribution is 5.00. The fourth-order valence-corrected chi connectivity index (χ4v) is 3.44. The van der Waals surface area contributed by atoms with Gasteiger partial charge in [-0.25, -0.2) is 0 Å². The molecule has 100 valence electrons. The van der Waals surface area contributed by atoms with Crippen molar-refractivity contribution < 1.29 is 9.47 Å². The SMILES string of the molecule is COC1CN(C2(CN)CCCCC2)CC1OC. The van der Waals surface area contributed by atoms with Gasteiger partial charge in [-0.2, -0.15) is 0 Å². The van der Waals surface area contributed by atoms with Gasteiger partial charge in [0.05, 0.1) is 12.2 Å². The van der Waals surface area contributed by atoms with Crippen LogP contribution in [0.1, 0.15) is 32.1 Å². The van der Waals surface area contributed by atoms with Crippen molar-refractivity contribution in [3.05, 3.63) is 0 Å². The molecule has 2 atom stereocenters. The molecule has 1 heterocycles. The Bertz CT molecular complexity index is 230. The number of ether oxygens (including phenoxy) is 2. The maximum atomic E-state index is 6.07. The van der Waals surface area contributed by atoms with Crippen LogP contribution in [-0.4, -0.2) is 56.5 Å². The number of rotatable bonds is 4. The third kappa shape index (κ3) is 2.50. The van der Waals surface area contributed by atoms with E-state index in [4.69, 9.17) is 15.2 Å². The summed E-state index contributed by atoms with van der Waals surface area (Å²) in [6, 6.07) is 0. The van der Waals surface area contributed by atoms with E-state index in [2.05, 4.69) is 4.90 Å². The highest BCUT2D eigenvalue weighted by atomic mass is 16.5. The predicted octanol–water partition coefficient (Wildman–Crippen LogP) is 0.994. The number of methoxy groups -OCH3 is 2. The highest BCUT2D eigenvalue weighted by Gasteiger charge is 2.44. The quantitative estimate of drug-likeness (QED) is 0.799. The molecule has 0 spiro atoms. The van der Waals surface area contributed by atoms with E-state index in [1.165, 1.54) is 32.1 Å². The van der Waals surface area contributed by atoms with Gasteiger partial charge in [0.25, 0.3) is 0 Å². The molecule has 0 aromatic carbocycles. The third-order valence-electron chi connectivity index (χ3n) is 4.66. The minimum Gasteiger partial charge on any atom is -0.377 e. The second kappa shape index (κ2) is 5.65. The molecular formula is C13H26N2O2. The van der Waals surface area contributed by atoms with Gasteiger partial charge >= 0.3 is 0 Å². The summed E-state index contributed by atoms with van der Waals surface area (Å²) in [6.07, 6.45) is 6.84. The van der Waals surface area contributed by atoms with Crippen LogP contribution in [0.5, 0.6) is 0 Å². The number of likely N-dealkylation sites (tertiary alicyclic amines) is 1. The van der Waals surface area contributed by atoms with E-state index in [0.29, 0.717) is 0 Å². The molecule has 2 rings (SSSR count). The first-order chi connectivity index (χ1) is 8.25. The van der Waals surface area contributed by atoms with Crippen LogP contribution in [0.15, 0.2) is 0 Å². The van der Waals surface area contributed by atoms with Crippen LogP contribution in [-0.2, 0) is 9.47 Å². The molecule has 1 aliphatic carbocycles. The van der Waals surface area contributed by atoms with Crippen LogP contribution in [0.25, 0.3) is 0 Å². The van der Waals surface area contributed by atoms with Crippen LogP contribution in [0.2, 0.25) is 0 Å². The van der Waals surface area contributed by atoms with Crippen LogP contribution >= 0.6 is 0 Å². The Kier molecular flexibility index (Phi) is 4.42. The number of nitrogens with zero attached hydrogens (tertiary/aromatic N) is 1. The maximum absolute atomic E-state index is 6.07. The number of hydrogen-bond acceptors (Lipinski definition) is 4. The first-order valence-electron chi connectivity index (χ1n) is 6.76. The molecule has 1 saturated carbocycles. The topological polar surface area (TPSA) is 47.7 Å². The molecule has 2 aliphatic rings. The lowest BCUT2D eigenvalue weighted by Crippen LogP contribution is -2.54. The van der Waals surface area contributed by atoms with Gasteiger partial charge in [-0.1, -0.05) is 19.3 Å². The molecule has 0 amide bonds. The summed E-state index contributed by atoms with van der Waals surface area (Å²) in [4.78, 5) is 2.52. The molecule has 4 nitrogen and oxygen atoms in total. The fourth-order valence-electron chi connectivity index (χ4n) is 3.44. The second-order valence-electron chi connectivity index (χ2n) is 5.44. The molecule has 2 fully saturated rings. The zero-order valence-corrected chi connectivity index (χ0v) is 11.2. The summed E-state index contributed by atoms with van der Waals surface area (Å²) in [5.41, 5.74) is 6.28. The van der Waals surface area contributed by atoms with Crippen LogP contribution in [0.4, 0.5) is 0 Å². The Hall–Kier alpha value is -0.160. The van der Waals surface area contributed by atoms with Gasteiger partial charge < -0.3 is 15.2 Å². The summed E-state index contributed by atoms with van der Waals surface area (Å²) in [6.45, 7) is 2.69. The summed E-state index contributed by atoms with van der Waals surface area (Å²) in [5.74, 6) is 0. The van der Waals surface area contributed by atoms with E-state index in [9.17, 15) is 0 Å². The van der Waals surface area contributed by atoms with E-state index < -0.39 is 0 Å². The molecule has 2 unspecified atom stereocenters. The normalized spacial score (nSPS) is 34.1. The van der Waals surface area contributed by atoms with Crippen molar-refractivity contribution in [1.82, 2.24) is 4.90 Å². The first-order valence-corrected chi connectivity index (χ1v) is 6.76. The Balaban J connectivity index is 2.05. The Morgan fingerprint density at radius 3 is 2.00 bits per heavy atom. The van der Waals surface area contributed by atoms with E-state index >= 15 is 0 Å². The minimum absolute atomic E-state index is 0.199. The van der Waals surface area contributed by atoms with Crippen molar-refractivity contribution in [3.63, 3.8) is 0 Å². The summed E-state index contributed by atoms with van der Waals surface area (Å²) in [5, 5.41) is 0. The molecule has 1 aliphatic heterocycles.